The molecule has 0 saturated carbocycles. The van der Waals surface area contributed by atoms with E-state index in [1.165, 1.54) is 81.2 Å². The predicted octanol–water partition coefficient (Wildman–Crippen LogP) is 16.6. The van der Waals surface area contributed by atoms with Gasteiger partial charge in [-0.15, -0.1) is 0 Å². The average molecular weight is 840 g/mol. The van der Waals surface area contributed by atoms with Crippen molar-refractivity contribution in [2.45, 2.75) is 0 Å². The second-order valence-corrected chi connectivity index (χ2v) is 17.5. The lowest BCUT2D eigenvalue weighted by molar-refractivity contribution is 1.23. The standard InChI is InChI=1S/C61H37N5/c1-5-21-40(22-6-1)63(41-23-7-2-8-24-41)51-34-18-32-47-49-35-38-19-13-15-29-44(38)54-55-53-48-33-17-31-46-50-36-39-20-14-16-30-45(39)59(64(42-25-9-3-10-26-42)43-27-11-4-12-28-43)60(50)65(56(46)48)52(53)37-62-61(55)66(57(47)51)58(49)54/h1-37H. The van der Waals surface area contributed by atoms with Crippen molar-refractivity contribution in [2.24, 2.45) is 0 Å². The molecule has 0 aliphatic heterocycles. The largest absolute Gasteiger partial charge is 0.308 e. The number of anilines is 6. The summed E-state index contributed by atoms with van der Waals surface area (Å²) >= 11 is 0. The number of fused-ring (bicyclic) bond motifs is 16. The summed E-state index contributed by atoms with van der Waals surface area (Å²) in [7, 11) is 0. The lowest BCUT2D eigenvalue weighted by Gasteiger charge is -2.28. The van der Waals surface area contributed by atoms with E-state index in [2.05, 4.69) is 243 Å². The SMILES string of the molecule is c1ccc(N(c2ccccc2)c2c3ccccc3cc3c4cccc5c6c7c8c9ccccc9cc9c%10cccc(N(c%11ccccc%11)c%11ccccc%11)c%10n(c7ncc6n(c23)c45)c98)cc1. The lowest BCUT2D eigenvalue weighted by atomic mass is 9.98. The molecule has 5 nitrogen and oxygen atoms in total. The molecule has 0 fully saturated rings. The highest BCUT2D eigenvalue weighted by molar-refractivity contribution is 6.40. The van der Waals surface area contributed by atoms with Crippen LogP contribution >= 0.6 is 0 Å². The van der Waals surface area contributed by atoms with Crippen LogP contribution in [-0.2, 0) is 0 Å². The maximum atomic E-state index is 5.67. The van der Waals surface area contributed by atoms with E-state index >= 15 is 0 Å². The number of hydrogen-bond acceptors (Lipinski definition) is 3. The van der Waals surface area contributed by atoms with Crippen molar-refractivity contribution in [1.82, 2.24) is 13.8 Å². The van der Waals surface area contributed by atoms with E-state index in [4.69, 9.17) is 4.98 Å². The zero-order valence-corrected chi connectivity index (χ0v) is 35.6. The Balaban J connectivity index is 1.15. The van der Waals surface area contributed by atoms with Crippen LogP contribution in [-0.4, -0.2) is 13.8 Å². The Hall–Kier alpha value is -8.93. The van der Waals surface area contributed by atoms with Crippen molar-refractivity contribution in [3.63, 3.8) is 0 Å². The minimum absolute atomic E-state index is 0.960. The van der Waals surface area contributed by atoms with Crippen LogP contribution in [0.15, 0.2) is 225 Å². The maximum absolute atomic E-state index is 5.67. The Morgan fingerprint density at radius 3 is 1.44 bits per heavy atom. The first kappa shape index (κ1) is 35.5. The van der Waals surface area contributed by atoms with Gasteiger partial charge in [-0.1, -0.05) is 152 Å². The minimum Gasteiger partial charge on any atom is -0.308 e. The highest BCUT2D eigenvalue weighted by atomic mass is 15.2. The van der Waals surface area contributed by atoms with Gasteiger partial charge in [0.15, 0.2) is 0 Å². The highest BCUT2D eigenvalue weighted by Crippen LogP contribution is 2.53. The molecule has 0 aliphatic rings. The summed E-state index contributed by atoms with van der Waals surface area (Å²) in [5, 5.41) is 14.6. The maximum Gasteiger partial charge on any atom is 0.146 e. The molecule has 0 radical (unpaired) electrons. The van der Waals surface area contributed by atoms with E-state index < -0.39 is 0 Å². The molecule has 5 aromatic heterocycles. The fourth-order valence-corrected chi connectivity index (χ4v) is 11.5. The van der Waals surface area contributed by atoms with E-state index in [-0.39, 0.29) is 0 Å². The third kappa shape index (κ3) is 4.65. The molecule has 0 unspecified atom stereocenters. The Labute approximate surface area is 378 Å². The average Bonchev–Trinajstić information content (AvgIpc) is 4.11. The zero-order chi connectivity index (χ0) is 43.0. The van der Waals surface area contributed by atoms with Gasteiger partial charge in [0.25, 0.3) is 0 Å². The van der Waals surface area contributed by atoms with Crippen LogP contribution < -0.4 is 9.80 Å². The number of rotatable bonds is 6. The van der Waals surface area contributed by atoms with E-state index in [0.717, 1.165) is 50.8 Å². The molecular formula is C61H37N5. The van der Waals surface area contributed by atoms with Gasteiger partial charge in [-0.05, 0) is 82.9 Å². The van der Waals surface area contributed by atoms with Crippen LogP contribution in [0.2, 0.25) is 0 Å². The van der Waals surface area contributed by atoms with Gasteiger partial charge in [0.2, 0.25) is 0 Å². The topological polar surface area (TPSA) is 28.2 Å². The van der Waals surface area contributed by atoms with Crippen molar-refractivity contribution >= 4 is 132 Å². The minimum atomic E-state index is 0.960. The van der Waals surface area contributed by atoms with Crippen molar-refractivity contribution in [3.8, 4) is 0 Å². The van der Waals surface area contributed by atoms with Crippen molar-refractivity contribution in [2.75, 3.05) is 9.80 Å². The summed E-state index contributed by atoms with van der Waals surface area (Å²) in [6, 6.07) is 79.3. The van der Waals surface area contributed by atoms with Gasteiger partial charge in [-0.2, -0.15) is 0 Å². The summed E-state index contributed by atoms with van der Waals surface area (Å²) in [5.74, 6) is 0. The fraction of sp³-hybridized carbons (Fsp3) is 0. The van der Waals surface area contributed by atoms with Crippen LogP contribution in [0.5, 0.6) is 0 Å². The van der Waals surface area contributed by atoms with Crippen LogP contribution in [0.4, 0.5) is 34.1 Å². The number of aromatic nitrogens is 3. The number of pyridine rings is 1. The molecule has 15 rings (SSSR count). The molecule has 10 aromatic carbocycles. The summed E-state index contributed by atoms with van der Waals surface area (Å²) in [5.41, 5.74) is 13.4. The second-order valence-electron chi connectivity index (χ2n) is 17.5. The highest BCUT2D eigenvalue weighted by Gasteiger charge is 2.30. The predicted molar refractivity (Wildman–Crippen MR) is 278 cm³/mol. The van der Waals surface area contributed by atoms with Crippen LogP contribution in [0.1, 0.15) is 0 Å². The number of hydrogen-bond donors (Lipinski definition) is 0. The molecule has 66 heavy (non-hydrogen) atoms. The first-order valence-corrected chi connectivity index (χ1v) is 22.6. The van der Waals surface area contributed by atoms with Crippen LogP contribution in [0, 0.1) is 0 Å². The summed E-state index contributed by atoms with van der Waals surface area (Å²) < 4.78 is 5.02. The molecule has 306 valence electrons. The molecule has 0 bridgehead atoms. The van der Waals surface area contributed by atoms with E-state index in [0.29, 0.717) is 0 Å². The van der Waals surface area contributed by atoms with Gasteiger partial charge in [0.1, 0.15) is 5.65 Å². The first-order valence-electron chi connectivity index (χ1n) is 22.6. The summed E-state index contributed by atoms with van der Waals surface area (Å²) in [6.07, 6.45) is 2.15. The molecule has 15 aromatic rings. The molecule has 0 saturated heterocycles. The molecule has 5 heteroatoms. The molecule has 0 atom stereocenters. The van der Waals surface area contributed by atoms with Gasteiger partial charge >= 0.3 is 0 Å². The Morgan fingerprint density at radius 1 is 0.318 bits per heavy atom. The molecule has 0 amide bonds. The third-order valence-corrected chi connectivity index (χ3v) is 14.1. The van der Waals surface area contributed by atoms with E-state index in [1.807, 2.05) is 0 Å². The van der Waals surface area contributed by atoms with Crippen LogP contribution in [0.3, 0.4) is 0 Å². The van der Waals surface area contributed by atoms with Gasteiger partial charge in [0, 0.05) is 71.2 Å². The molecule has 0 aliphatic carbocycles. The monoisotopic (exact) mass is 839 g/mol. The number of para-hydroxylation sites is 6. The normalized spacial score (nSPS) is 12.2. The zero-order valence-electron chi connectivity index (χ0n) is 35.6. The summed E-state index contributed by atoms with van der Waals surface area (Å²) in [6.45, 7) is 0. The van der Waals surface area contributed by atoms with Gasteiger partial charge < -0.3 is 14.2 Å². The molecule has 0 spiro atoms. The number of benzene rings is 10. The Bertz CT molecular complexity index is 4310. The van der Waals surface area contributed by atoms with Crippen molar-refractivity contribution in [1.29, 1.82) is 0 Å². The third-order valence-electron chi connectivity index (χ3n) is 14.1. The smallest absolute Gasteiger partial charge is 0.146 e. The van der Waals surface area contributed by atoms with Gasteiger partial charge in [-0.3, -0.25) is 4.40 Å². The Morgan fingerprint density at radius 2 is 0.803 bits per heavy atom. The summed E-state index contributed by atoms with van der Waals surface area (Å²) in [4.78, 5) is 10.5. The van der Waals surface area contributed by atoms with Crippen molar-refractivity contribution < 1.29 is 0 Å². The molecule has 5 heterocycles. The fourth-order valence-electron chi connectivity index (χ4n) is 11.5. The quantitative estimate of drug-likeness (QED) is 0.167. The molecule has 0 N–H and O–H groups in total. The first-order chi connectivity index (χ1) is 32.8. The van der Waals surface area contributed by atoms with E-state index in [9.17, 15) is 0 Å². The van der Waals surface area contributed by atoms with Gasteiger partial charge in [-0.25, -0.2) is 4.98 Å². The molecular weight excluding hydrogens is 803 g/mol. The van der Waals surface area contributed by atoms with Gasteiger partial charge in [0.05, 0.1) is 45.2 Å². The van der Waals surface area contributed by atoms with Crippen molar-refractivity contribution in [3.05, 3.63) is 225 Å². The second kappa shape index (κ2) is 13.3. The Kier molecular flexibility index (Phi) is 7.16. The van der Waals surface area contributed by atoms with E-state index in [1.54, 1.807) is 0 Å². The number of nitrogens with zero attached hydrogens (tertiary/aromatic N) is 5. The van der Waals surface area contributed by atoms with Crippen LogP contribution in [0.25, 0.3) is 97.9 Å². The lowest BCUT2D eigenvalue weighted by Crippen LogP contribution is -2.11.